The minimum Gasteiger partial charge on any atom is -0.489 e. The fraction of sp³-hybridized carbons (Fsp3) is 0.130. The van der Waals surface area contributed by atoms with Crippen molar-refractivity contribution >= 4 is 23.9 Å². The van der Waals surface area contributed by atoms with Gasteiger partial charge in [-0.15, -0.1) is 11.8 Å². The van der Waals surface area contributed by atoms with Gasteiger partial charge in [0.15, 0.2) is 0 Å². The van der Waals surface area contributed by atoms with E-state index in [4.69, 9.17) is 4.74 Å². The lowest BCUT2D eigenvalue weighted by Gasteiger charge is -2.06. The summed E-state index contributed by atoms with van der Waals surface area (Å²) in [4.78, 5) is 12.9. The van der Waals surface area contributed by atoms with Gasteiger partial charge in [-0.1, -0.05) is 48.0 Å². The van der Waals surface area contributed by atoms with Gasteiger partial charge in [0.2, 0.25) is 5.91 Å². The fourth-order valence-corrected chi connectivity index (χ4v) is 3.09. The number of carbonyl (C=O) groups is 1. The summed E-state index contributed by atoms with van der Waals surface area (Å²) in [5.41, 5.74) is 5.80. The summed E-state index contributed by atoms with van der Waals surface area (Å²) >= 11 is 1.48. The largest absolute Gasteiger partial charge is 0.489 e. The van der Waals surface area contributed by atoms with Crippen LogP contribution in [0.3, 0.4) is 0 Å². The Morgan fingerprint density at radius 1 is 1.00 bits per heavy atom. The molecule has 0 fully saturated rings. The summed E-state index contributed by atoms with van der Waals surface area (Å²) in [6, 6.07) is 25.7. The first-order chi connectivity index (χ1) is 13.7. The number of hydrogen-bond donors (Lipinski definition) is 1. The van der Waals surface area contributed by atoms with Crippen LogP contribution in [0.5, 0.6) is 5.75 Å². The van der Waals surface area contributed by atoms with E-state index in [-0.39, 0.29) is 5.91 Å². The predicted octanol–water partition coefficient (Wildman–Crippen LogP) is 4.82. The minimum atomic E-state index is -0.136. The summed E-state index contributed by atoms with van der Waals surface area (Å²) in [6.45, 7) is 2.60. The number of nitrogens with one attached hydrogen (secondary N) is 1. The Balaban J connectivity index is 1.41. The molecule has 0 bridgehead atoms. The number of carbonyl (C=O) groups excluding carboxylic acids is 1. The molecule has 0 spiro atoms. The van der Waals surface area contributed by atoms with Gasteiger partial charge >= 0.3 is 0 Å². The van der Waals surface area contributed by atoms with Crippen LogP contribution in [0.25, 0.3) is 0 Å². The summed E-state index contributed by atoms with van der Waals surface area (Å²) < 4.78 is 5.79. The number of ether oxygens (including phenoxy) is 1. The van der Waals surface area contributed by atoms with E-state index in [0.29, 0.717) is 12.4 Å². The van der Waals surface area contributed by atoms with Crippen LogP contribution in [0.1, 0.15) is 16.7 Å². The average Bonchev–Trinajstić information content (AvgIpc) is 2.73. The predicted molar refractivity (Wildman–Crippen MR) is 115 cm³/mol. The van der Waals surface area contributed by atoms with E-state index >= 15 is 0 Å². The first-order valence-electron chi connectivity index (χ1n) is 8.97. The molecular weight excluding hydrogens is 368 g/mol. The van der Waals surface area contributed by atoms with Crippen molar-refractivity contribution in [2.75, 3.05) is 5.75 Å². The Bertz CT molecular complexity index is 908. The summed E-state index contributed by atoms with van der Waals surface area (Å²) in [5, 5.41) is 4.01. The van der Waals surface area contributed by atoms with Gasteiger partial charge in [-0.25, -0.2) is 5.43 Å². The molecule has 0 aliphatic rings. The minimum absolute atomic E-state index is 0.136. The maximum Gasteiger partial charge on any atom is 0.250 e. The van der Waals surface area contributed by atoms with Crippen LogP contribution in [0, 0.1) is 6.92 Å². The zero-order chi connectivity index (χ0) is 19.6. The van der Waals surface area contributed by atoms with Gasteiger partial charge in [-0.05, 0) is 54.4 Å². The van der Waals surface area contributed by atoms with Crippen molar-refractivity contribution in [3.8, 4) is 5.75 Å². The molecule has 3 rings (SSSR count). The van der Waals surface area contributed by atoms with Gasteiger partial charge in [-0.2, -0.15) is 5.10 Å². The number of amides is 1. The van der Waals surface area contributed by atoms with E-state index in [0.717, 1.165) is 21.8 Å². The molecule has 0 heterocycles. The number of nitrogens with zero attached hydrogens (tertiary/aromatic N) is 1. The average molecular weight is 391 g/mol. The molecule has 28 heavy (non-hydrogen) atoms. The van der Waals surface area contributed by atoms with Crippen molar-refractivity contribution in [1.82, 2.24) is 5.43 Å². The highest BCUT2D eigenvalue weighted by molar-refractivity contribution is 8.00. The molecule has 0 unspecified atom stereocenters. The molecule has 0 saturated heterocycles. The Morgan fingerprint density at radius 2 is 1.71 bits per heavy atom. The van der Waals surface area contributed by atoms with Crippen molar-refractivity contribution in [3.05, 3.63) is 95.6 Å². The van der Waals surface area contributed by atoms with E-state index < -0.39 is 0 Å². The van der Waals surface area contributed by atoms with E-state index in [1.54, 1.807) is 6.21 Å². The Morgan fingerprint density at radius 3 is 2.43 bits per heavy atom. The van der Waals surface area contributed by atoms with Crippen LogP contribution in [-0.4, -0.2) is 17.9 Å². The number of hydrogen-bond acceptors (Lipinski definition) is 4. The van der Waals surface area contributed by atoms with Crippen molar-refractivity contribution < 1.29 is 9.53 Å². The molecule has 0 atom stereocenters. The fourth-order valence-electron chi connectivity index (χ4n) is 2.38. The normalized spacial score (nSPS) is 10.8. The van der Waals surface area contributed by atoms with Gasteiger partial charge in [-0.3, -0.25) is 4.79 Å². The SMILES string of the molecule is Cc1ccc(COc2ccc(/C=N\NC(=O)CSc3ccccc3)cc2)cc1. The van der Waals surface area contributed by atoms with E-state index in [1.807, 2.05) is 54.6 Å². The van der Waals surface area contributed by atoms with Gasteiger partial charge in [0.25, 0.3) is 0 Å². The van der Waals surface area contributed by atoms with Crippen LogP contribution in [-0.2, 0) is 11.4 Å². The van der Waals surface area contributed by atoms with Crippen molar-refractivity contribution in [2.24, 2.45) is 5.10 Å². The molecular formula is C23H22N2O2S. The van der Waals surface area contributed by atoms with Crippen LogP contribution in [0.2, 0.25) is 0 Å². The molecule has 142 valence electrons. The summed E-state index contributed by atoms with van der Waals surface area (Å²) in [7, 11) is 0. The molecule has 3 aromatic carbocycles. The number of aryl methyl sites for hydroxylation is 1. The Hall–Kier alpha value is -3.05. The van der Waals surface area contributed by atoms with E-state index in [2.05, 4.69) is 41.7 Å². The molecule has 3 aromatic rings. The zero-order valence-corrected chi connectivity index (χ0v) is 16.5. The Kier molecular flexibility index (Phi) is 7.27. The monoisotopic (exact) mass is 390 g/mol. The lowest BCUT2D eigenvalue weighted by Crippen LogP contribution is -2.19. The molecule has 0 radical (unpaired) electrons. The highest BCUT2D eigenvalue weighted by Gasteiger charge is 2.01. The van der Waals surface area contributed by atoms with Crippen LogP contribution in [0.4, 0.5) is 0 Å². The summed E-state index contributed by atoms with van der Waals surface area (Å²) in [5.74, 6) is 0.983. The standard InChI is InChI=1S/C23H22N2O2S/c1-18-7-9-20(10-8-18)16-27-21-13-11-19(12-14-21)15-24-25-23(26)17-28-22-5-3-2-4-6-22/h2-15H,16-17H2,1H3,(H,25,26)/b24-15-. The van der Waals surface area contributed by atoms with Crippen LogP contribution < -0.4 is 10.2 Å². The zero-order valence-electron chi connectivity index (χ0n) is 15.7. The number of rotatable bonds is 8. The number of thioether (sulfide) groups is 1. The second kappa shape index (κ2) is 10.3. The third kappa shape index (κ3) is 6.59. The Labute approximate surface area is 169 Å². The van der Waals surface area contributed by atoms with Crippen LogP contribution >= 0.6 is 11.8 Å². The van der Waals surface area contributed by atoms with Crippen molar-refractivity contribution in [2.45, 2.75) is 18.4 Å². The van der Waals surface area contributed by atoms with E-state index in [1.165, 1.54) is 17.3 Å². The molecule has 0 aliphatic heterocycles. The van der Waals surface area contributed by atoms with Gasteiger partial charge in [0.05, 0.1) is 12.0 Å². The van der Waals surface area contributed by atoms with E-state index in [9.17, 15) is 4.79 Å². The first kappa shape index (κ1) is 19.7. The van der Waals surface area contributed by atoms with Gasteiger partial charge in [0.1, 0.15) is 12.4 Å². The highest BCUT2D eigenvalue weighted by atomic mass is 32.2. The maximum absolute atomic E-state index is 11.8. The molecule has 1 N–H and O–H groups in total. The van der Waals surface area contributed by atoms with Crippen molar-refractivity contribution in [3.63, 3.8) is 0 Å². The summed E-state index contributed by atoms with van der Waals surface area (Å²) in [6.07, 6.45) is 1.62. The second-order valence-corrected chi connectivity index (χ2v) is 7.29. The first-order valence-corrected chi connectivity index (χ1v) is 9.96. The maximum atomic E-state index is 11.8. The lowest BCUT2D eigenvalue weighted by atomic mass is 10.2. The van der Waals surface area contributed by atoms with Crippen molar-refractivity contribution in [1.29, 1.82) is 0 Å². The number of hydrazone groups is 1. The third-order valence-electron chi connectivity index (χ3n) is 3.92. The molecule has 0 aromatic heterocycles. The third-order valence-corrected chi connectivity index (χ3v) is 4.93. The number of benzene rings is 3. The smallest absolute Gasteiger partial charge is 0.250 e. The quantitative estimate of drug-likeness (QED) is 0.341. The molecule has 0 aliphatic carbocycles. The van der Waals surface area contributed by atoms with Gasteiger partial charge < -0.3 is 4.74 Å². The van der Waals surface area contributed by atoms with Gasteiger partial charge in [0, 0.05) is 4.90 Å². The lowest BCUT2D eigenvalue weighted by molar-refractivity contribution is -0.118. The molecule has 5 heteroatoms. The van der Waals surface area contributed by atoms with Crippen LogP contribution in [0.15, 0.2) is 88.9 Å². The second-order valence-electron chi connectivity index (χ2n) is 6.24. The molecule has 4 nitrogen and oxygen atoms in total. The topological polar surface area (TPSA) is 50.7 Å². The molecule has 1 amide bonds. The molecule has 0 saturated carbocycles. The highest BCUT2D eigenvalue weighted by Crippen LogP contribution is 2.16.